The number of fused-ring (bicyclic) bond motifs is 1. The number of aliphatic imine (C=N–C) groups is 1. The summed E-state index contributed by atoms with van der Waals surface area (Å²) in [6, 6.07) is 6.92. The number of rotatable bonds is 8. The Bertz CT molecular complexity index is 886. The van der Waals surface area contributed by atoms with E-state index in [0.29, 0.717) is 12.6 Å². The molecule has 1 saturated heterocycles. The van der Waals surface area contributed by atoms with Gasteiger partial charge in [-0.25, -0.2) is 0 Å². The molecule has 1 aromatic carbocycles. The molecule has 0 aliphatic carbocycles. The number of nitrogens with zero attached hydrogens (tertiary/aromatic N) is 3. The van der Waals surface area contributed by atoms with Crippen molar-refractivity contribution in [1.29, 1.82) is 0 Å². The number of aryl methyl sites for hydroxylation is 1. The number of likely N-dealkylation sites (tertiary alicyclic amines) is 1. The van der Waals surface area contributed by atoms with Crippen molar-refractivity contribution in [3.63, 3.8) is 0 Å². The third-order valence-corrected chi connectivity index (χ3v) is 6.05. The maximum absolute atomic E-state index is 11.9. The van der Waals surface area contributed by atoms with Gasteiger partial charge >= 0.3 is 0 Å². The minimum absolute atomic E-state index is 0. The molecule has 1 aromatic heterocycles. The lowest BCUT2D eigenvalue weighted by atomic mass is 10.1. The maximum Gasteiger partial charge on any atom is 0.236 e. The van der Waals surface area contributed by atoms with E-state index in [9.17, 15) is 4.79 Å². The van der Waals surface area contributed by atoms with Crippen LogP contribution in [0.1, 0.15) is 37.8 Å². The minimum Gasteiger partial charge on any atom is -0.361 e. The number of carbonyl (C=O) groups excluding carboxylic acids is 1. The summed E-state index contributed by atoms with van der Waals surface area (Å²) in [4.78, 5) is 24.1. The van der Waals surface area contributed by atoms with Crippen molar-refractivity contribution in [3.05, 3.63) is 35.5 Å². The van der Waals surface area contributed by atoms with E-state index in [-0.39, 0.29) is 29.9 Å². The number of aromatic amines is 1. The molecule has 0 atom stereocenters. The SMILES string of the molecule is CCNC(=NCCc1c[nH]c2c(CC)cccc12)NC1CCN(CC(=O)N(C)C)CC1.I. The highest BCUT2D eigenvalue weighted by atomic mass is 127. The molecule has 1 aliphatic heterocycles. The van der Waals surface area contributed by atoms with Gasteiger partial charge in [-0.2, -0.15) is 0 Å². The van der Waals surface area contributed by atoms with Gasteiger partial charge in [0.2, 0.25) is 5.91 Å². The van der Waals surface area contributed by atoms with Crippen LogP contribution < -0.4 is 10.6 Å². The van der Waals surface area contributed by atoms with Crippen LogP contribution in [0.25, 0.3) is 10.9 Å². The molecular weight excluding hydrogens is 515 g/mol. The molecular formula is C24H39IN6O. The summed E-state index contributed by atoms with van der Waals surface area (Å²) in [6.45, 7) is 8.26. The molecule has 1 aliphatic rings. The third kappa shape index (κ3) is 7.10. The Morgan fingerprint density at radius 3 is 2.62 bits per heavy atom. The predicted octanol–water partition coefficient (Wildman–Crippen LogP) is 3.00. The molecule has 1 amide bonds. The molecule has 0 bridgehead atoms. The van der Waals surface area contributed by atoms with Crippen LogP contribution in [-0.4, -0.2) is 79.5 Å². The molecule has 2 aromatic rings. The number of para-hydroxylation sites is 1. The zero-order valence-corrected chi connectivity index (χ0v) is 22.2. The lowest BCUT2D eigenvalue weighted by molar-refractivity contribution is -0.130. The molecule has 178 valence electrons. The van der Waals surface area contributed by atoms with Crippen molar-refractivity contribution < 1.29 is 4.79 Å². The van der Waals surface area contributed by atoms with E-state index < -0.39 is 0 Å². The van der Waals surface area contributed by atoms with E-state index in [0.717, 1.165) is 57.8 Å². The zero-order chi connectivity index (χ0) is 22.2. The van der Waals surface area contributed by atoms with Gasteiger partial charge in [0.05, 0.1) is 6.54 Å². The molecule has 0 radical (unpaired) electrons. The number of likely N-dealkylation sites (N-methyl/N-ethyl adjacent to an activating group) is 1. The first-order chi connectivity index (χ1) is 15.0. The number of piperidine rings is 1. The predicted molar refractivity (Wildman–Crippen MR) is 144 cm³/mol. The standard InChI is InChI=1S/C24H38N6O.HI/c1-5-18-8-7-9-21-19(16-27-23(18)21)10-13-26-24(25-6-2)28-20-11-14-30(15-12-20)17-22(31)29(3)4;/h7-9,16,20,27H,5-6,10-15,17H2,1-4H3,(H2,25,26,28);1H. The fourth-order valence-electron chi connectivity index (χ4n) is 4.15. The Balaban J connectivity index is 0.00000363. The number of H-pyrrole nitrogens is 1. The molecule has 32 heavy (non-hydrogen) atoms. The number of carbonyl (C=O) groups is 1. The van der Waals surface area contributed by atoms with E-state index in [1.165, 1.54) is 22.0 Å². The first kappa shape index (κ1) is 26.4. The number of benzene rings is 1. The molecule has 7 nitrogen and oxygen atoms in total. The number of hydrogen-bond acceptors (Lipinski definition) is 3. The van der Waals surface area contributed by atoms with Gasteiger partial charge in [0, 0.05) is 63.4 Å². The Morgan fingerprint density at radius 1 is 1.22 bits per heavy atom. The lowest BCUT2D eigenvalue weighted by Gasteiger charge is -2.33. The van der Waals surface area contributed by atoms with Gasteiger partial charge in [-0.05, 0) is 43.7 Å². The molecule has 2 heterocycles. The zero-order valence-electron chi connectivity index (χ0n) is 19.9. The van der Waals surface area contributed by atoms with Crippen molar-refractivity contribution >= 4 is 46.7 Å². The summed E-state index contributed by atoms with van der Waals surface area (Å²) in [5.41, 5.74) is 3.94. The van der Waals surface area contributed by atoms with E-state index in [1.54, 1.807) is 4.90 Å². The summed E-state index contributed by atoms with van der Waals surface area (Å²) in [5.74, 6) is 1.06. The summed E-state index contributed by atoms with van der Waals surface area (Å²) in [7, 11) is 3.63. The molecule has 0 unspecified atom stereocenters. The Kier molecular flexibility index (Phi) is 10.8. The average molecular weight is 555 g/mol. The summed E-state index contributed by atoms with van der Waals surface area (Å²) >= 11 is 0. The topological polar surface area (TPSA) is 75.8 Å². The maximum atomic E-state index is 11.9. The molecule has 3 rings (SSSR count). The van der Waals surface area contributed by atoms with Gasteiger partial charge in [-0.15, -0.1) is 24.0 Å². The van der Waals surface area contributed by atoms with Crippen LogP contribution in [0.15, 0.2) is 29.4 Å². The van der Waals surface area contributed by atoms with Crippen molar-refractivity contribution in [2.24, 2.45) is 4.99 Å². The van der Waals surface area contributed by atoms with Gasteiger partial charge in [-0.1, -0.05) is 25.1 Å². The van der Waals surface area contributed by atoms with Crippen molar-refractivity contribution in [2.75, 3.05) is 46.8 Å². The van der Waals surface area contributed by atoms with Gasteiger partial charge in [0.25, 0.3) is 0 Å². The van der Waals surface area contributed by atoms with Crippen LogP contribution in [0.2, 0.25) is 0 Å². The van der Waals surface area contributed by atoms with Crippen LogP contribution in [-0.2, 0) is 17.6 Å². The number of halogens is 1. The Labute approximate surface area is 209 Å². The molecule has 0 saturated carbocycles. The second-order valence-electron chi connectivity index (χ2n) is 8.50. The quantitative estimate of drug-likeness (QED) is 0.267. The molecule has 8 heteroatoms. The first-order valence-corrected chi connectivity index (χ1v) is 11.6. The fourth-order valence-corrected chi connectivity index (χ4v) is 4.15. The van der Waals surface area contributed by atoms with Crippen LogP contribution >= 0.6 is 24.0 Å². The average Bonchev–Trinajstić information content (AvgIpc) is 3.18. The molecule has 0 spiro atoms. The monoisotopic (exact) mass is 554 g/mol. The second kappa shape index (κ2) is 13.0. The third-order valence-electron chi connectivity index (χ3n) is 6.05. The minimum atomic E-state index is 0. The number of amides is 1. The number of guanidine groups is 1. The van der Waals surface area contributed by atoms with Crippen molar-refractivity contribution in [3.8, 4) is 0 Å². The van der Waals surface area contributed by atoms with E-state index in [4.69, 9.17) is 4.99 Å². The van der Waals surface area contributed by atoms with E-state index in [2.05, 4.69) is 58.8 Å². The first-order valence-electron chi connectivity index (χ1n) is 11.6. The van der Waals surface area contributed by atoms with E-state index >= 15 is 0 Å². The fraction of sp³-hybridized carbons (Fsp3) is 0.583. The highest BCUT2D eigenvalue weighted by Gasteiger charge is 2.22. The molecule has 3 N–H and O–H groups in total. The smallest absolute Gasteiger partial charge is 0.236 e. The van der Waals surface area contributed by atoms with E-state index in [1.807, 2.05) is 14.1 Å². The number of aromatic nitrogens is 1. The van der Waals surface area contributed by atoms with Gasteiger partial charge in [0.1, 0.15) is 0 Å². The second-order valence-corrected chi connectivity index (χ2v) is 8.50. The lowest BCUT2D eigenvalue weighted by Crippen LogP contribution is -2.50. The normalized spacial score (nSPS) is 15.4. The largest absolute Gasteiger partial charge is 0.361 e. The van der Waals surface area contributed by atoms with Gasteiger partial charge < -0.3 is 20.5 Å². The van der Waals surface area contributed by atoms with Crippen molar-refractivity contribution in [2.45, 2.75) is 45.6 Å². The van der Waals surface area contributed by atoms with Crippen molar-refractivity contribution in [1.82, 2.24) is 25.4 Å². The van der Waals surface area contributed by atoms with Gasteiger partial charge in [-0.3, -0.25) is 14.7 Å². The summed E-state index contributed by atoms with van der Waals surface area (Å²) < 4.78 is 0. The van der Waals surface area contributed by atoms with Crippen LogP contribution in [0.4, 0.5) is 0 Å². The number of hydrogen-bond donors (Lipinski definition) is 3. The number of nitrogens with one attached hydrogen (secondary N) is 3. The Hall–Kier alpha value is -1.81. The highest BCUT2D eigenvalue weighted by molar-refractivity contribution is 14.0. The summed E-state index contributed by atoms with van der Waals surface area (Å²) in [6.07, 6.45) is 6.12. The summed E-state index contributed by atoms with van der Waals surface area (Å²) in [5, 5.41) is 8.29. The highest BCUT2D eigenvalue weighted by Crippen LogP contribution is 2.22. The van der Waals surface area contributed by atoms with Crippen LogP contribution in [0, 0.1) is 0 Å². The molecule has 1 fully saturated rings. The Morgan fingerprint density at radius 2 is 1.97 bits per heavy atom. The van der Waals surface area contributed by atoms with Crippen LogP contribution in [0.5, 0.6) is 0 Å². The van der Waals surface area contributed by atoms with Gasteiger partial charge in [0.15, 0.2) is 5.96 Å². The van der Waals surface area contributed by atoms with Crippen LogP contribution in [0.3, 0.4) is 0 Å².